The number of hydrogen-bond donors (Lipinski definition) is 3. The summed E-state index contributed by atoms with van der Waals surface area (Å²) in [5.74, 6) is 0.390. The molecule has 144 valence electrons. The molecule has 2 heterocycles. The Labute approximate surface area is 167 Å². The zero-order chi connectivity index (χ0) is 19.7. The lowest BCUT2D eigenvalue weighted by molar-refractivity contribution is 0.336. The van der Waals surface area contributed by atoms with Crippen LogP contribution in [-0.4, -0.2) is 27.8 Å². The summed E-state index contributed by atoms with van der Waals surface area (Å²) in [6.45, 7) is 3.07. The minimum absolute atomic E-state index is 0.113. The van der Waals surface area contributed by atoms with Gasteiger partial charge < -0.3 is 15.2 Å². The van der Waals surface area contributed by atoms with Crippen LogP contribution in [0.3, 0.4) is 0 Å². The number of nitrogens with zero attached hydrogens (tertiary/aromatic N) is 1. The van der Waals surface area contributed by atoms with Crippen molar-refractivity contribution in [3.63, 3.8) is 0 Å². The van der Waals surface area contributed by atoms with Crippen LogP contribution in [0.2, 0.25) is 0 Å². The van der Waals surface area contributed by atoms with Crippen LogP contribution < -0.4 is 15.6 Å². The van der Waals surface area contributed by atoms with Crippen molar-refractivity contribution in [1.82, 2.24) is 14.9 Å². The summed E-state index contributed by atoms with van der Waals surface area (Å²) in [6, 6.07) is 14.8. The van der Waals surface area contributed by atoms with Gasteiger partial charge in [0.15, 0.2) is 4.77 Å². The number of aromatic hydroxyl groups is 1. The molecule has 0 unspecified atom stereocenters. The van der Waals surface area contributed by atoms with Gasteiger partial charge >= 0.3 is 0 Å². The fourth-order valence-corrected chi connectivity index (χ4v) is 3.98. The Morgan fingerprint density at radius 2 is 1.96 bits per heavy atom. The van der Waals surface area contributed by atoms with Crippen molar-refractivity contribution < 1.29 is 9.84 Å². The van der Waals surface area contributed by atoms with Crippen LogP contribution in [0, 0.1) is 4.77 Å². The van der Waals surface area contributed by atoms with Gasteiger partial charge in [0.1, 0.15) is 5.75 Å². The molecule has 0 spiro atoms. The highest BCUT2D eigenvalue weighted by atomic mass is 32.1. The van der Waals surface area contributed by atoms with Crippen LogP contribution in [0.1, 0.15) is 29.7 Å². The van der Waals surface area contributed by atoms with E-state index in [0.717, 1.165) is 17.5 Å². The molecule has 1 aromatic heterocycles. The van der Waals surface area contributed by atoms with Gasteiger partial charge in [-0.15, -0.1) is 0 Å². The van der Waals surface area contributed by atoms with E-state index >= 15 is 0 Å². The molecule has 3 aromatic rings. The Balaban J connectivity index is 1.95. The van der Waals surface area contributed by atoms with Gasteiger partial charge in [0, 0.05) is 6.54 Å². The van der Waals surface area contributed by atoms with E-state index in [9.17, 15) is 9.90 Å². The molecule has 0 saturated heterocycles. The monoisotopic (exact) mass is 395 g/mol. The van der Waals surface area contributed by atoms with E-state index in [1.54, 1.807) is 12.1 Å². The summed E-state index contributed by atoms with van der Waals surface area (Å²) < 4.78 is 7.26. The SMILES string of the molecule is CCOc1ccccc1-n1c(O)c([C@@H]2NCCc3ccccc32)c(=O)[nH]c1=S. The van der Waals surface area contributed by atoms with Crippen LogP contribution in [0.5, 0.6) is 11.6 Å². The first-order valence-electron chi connectivity index (χ1n) is 9.23. The zero-order valence-corrected chi connectivity index (χ0v) is 16.3. The number of para-hydroxylation sites is 2. The van der Waals surface area contributed by atoms with Gasteiger partial charge in [0.25, 0.3) is 5.56 Å². The van der Waals surface area contributed by atoms with Crippen molar-refractivity contribution in [3.8, 4) is 17.3 Å². The minimum atomic E-state index is -0.421. The highest BCUT2D eigenvalue weighted by Gasteiger charge is 2.28. The van der Waals surface area contributed by atoms with E-state index in [1.165, 1.54) is 4.57 Å². The molecule has 2 aromatic carbocycles. The third kappa shape index (κ3) is 3.12. The predicted octanol–water partition coefficient (Wildman–Crippen LogP) is 3.23. The van der Waals surface area contributed by atoms with Gasteiger partial charge in [-0.05, 0) is 48.8 Å². The second-order valence-corrected chi connectivity index (χ2v) is 6.96. The van der Waals surface area contributed by atoms with E-state index in [1.807, 2.05) is 43.3 Å². The van der Waals surface area contributed by atoms with E-state index in [-0.39, 0.29) is 16.2 Å². The lowest BCUT2D eigenvalue weighted by atomic mass is 9.90. The number of hydrogen-bond acceptors (Lipinski definition) is 5. The predicted molar refractivity (Wildman–Crippen MR) is 110 cm³/mol. The Kier molecular flexibility index (Phi) is 5.02. The maximum absolute atomic E-state index is 12.8. The van der Waals surface area contributed by atoms with Crippen LogP contribution >= 0.6 is 12.2 Å². The molecule has 1 aliphatic heterocycles. The van der Waals surface area contributed by atoms with Crippen LogP contribution in [-0.2, 0) is 6.42 Å². The highest BCUT2D eigenvalue weighted by molar-refractivity contribution is 7.71. The maximum Gasteiger partial charge on any atom is 0.260 e. The fraction of sp³-hybridized carbons (Fsp3) is 0.238. The largest absolute Gasteiger partial charge is 0.494 e. The number of aromatic amines is 1. The lowest BCUT2D eigenvalue weighted by Gasteiger charge is -2.28. The van der Waals surface area contributed by atoms with Crippen LogP contribution in [0.25, 0.3) is 5.69 Å². The molecule has 3 N–H and O–H groups in total. The third-order valence-corrected chi connectivity index (χ3v) is 5.21. The molecular formula is C21H21N3O3S. The highest BCUT2D eigenvalue weighted by Crippen LogP contribution is 2.34. The minimum Gasteiger partial charge on any atom is -0.494 e. The number of benzene rings is 2. The number of ether oxygens (including phenoxy) is 1. The topological polar surface area (TPSA) is 79.3 Å². The second-order valence-electron chi connectivity index (χ2n) is 6.57. The smallest absolute Gasteiger partial charge is 0.260 e. The average Bonchev–Trinajstić information content (AvgIpc) is 2.69. The molecule has 0 aliphatic carbocycles. The maximum atomic E-state index is 12.8. The number of aromatic nitrogens is 2. The molecule has 0 amide bonds. The quantitative estimate of drug-likeness (QED) is 0.591. The van der Waals surface area contributed by atoms with Gasteiger partial charge in [-0.2, -0.15) is 0 Å². The van der Waals surface area contributed by atoms with Gasteiger partial charge in [-0.1, -0.05) is 36.4 Å². The first-order valence-corrected chi connectivity index (χ1v) is 9.64. The normalized spacial score (nSPS) is 15.8. The molecule has 0 saturated carbocycles. The molecular weight excluding hydrogens is 374 g/mol. The van der Waals surface area contributed by atoms with E-state index < -0.39 is 11.6 Å². The number of fused-ring (bicyclic) bond motifs is 1. The molecule has 7 heteroatoms. The summed E-state index contributed by atoms with van der Waals surface area (Å²) >= 11 is 5.36. The molecule has 0 radical (unpaired) electrons. The van der Waals surface area contributed by atoms with Gasteiger partial charge in [-0.25, -0.2) is 0 Å². The molecule has 1 aliphatic rings. The molecule has 6 nitrogen and oxygen atoms in total. The molecule has 0 bridgehead atoms. The van der Waals surface area contributed by atoms with Crippen LogP contribution in [0.15, 0.2) is 53.3 Å². The molecule has 4 rings (SSSR count). The van der Waals surface area contributed by atoms with Crippen molar-refractivity contribution in [1.29, 1.82) is 0 Å². The van der Waals surface area contributed by atoms with Crippen molar-refractivity contribution >= 4 is 12.2 Å². The summed E-state index contributed by atoms with van der Waals surface area (Å²) in [7, 11) is 0. The van der Waals surface area contributed by atoms with Gasteiger partial charge in [-0.3, -0.25) is 14.3 Å². The Bertz CT molecular complexity index is 1140. The third-order valence-electron chi connectivity index (χ3n) is 4.92. The standard InChI is InChI=1S/C21H21N3O3S/c1-2-27-16-10-6-5-9-15(16)24-20(26)17(19(25)23-21(24)28)18-14-8-4-3-7-13(14)11-12-22-18/h3-10,18,22,26H,2,11-12H2,1H3,(H,23,25,28)/t18-/m1/s1. The van der Waals surface area contributed by atoms with Gasteiger partial charge in [0.05, 0.1) is 23.9 Å². The molecule has 1 atom stereocenters. The van der Waals surface area contributed by atoms with Crippen molar-refractivity contribution in [2.75, 3.05) is 13.2 Å². The summed E-state index contributed by atoms with van der Waals surface area (Å²) in [6.07, 6.45) is 0.873. The summed E-state index contributed by atoms with van der Waals surface area (Å²) in [4.78, 5) is 15.5. The second kappa shape index (κ2) is 7.61. The first kappa shape index (κ1) is 18.5. The van der Waals surface area contributed by atoms with Crippen molar-refractivity contribution in [2.24, 2.45) is 0 Å². The zero-order valence-electron chi connectivity index (χ0n) is 15.4. The summed E-state index contributed by atoms with van der Waals surface area (Å²) in [5.41, 5.74) is 2.56. The number of rotatable bonds is 4. The summed E-state index contributed by atoms with van der Waals surface area (Å²) in [5, 5.41) is 14.5. The number of nitrogens with one attached hydrogen (secondary N) is 2. The van der Waals surface area contributed by atoms with Crippen LogP contribution in [0.4, 0.5) is 0 Å². The Hall–Kier alpha value is -2.90. The van der Waals surface area contributed by atoms with Crippen molar-refractivity contribution in [3.05, 3.63) is 80.3 Å². The molecule has 28 heavy (non-hydrogen) atoms. The fourth-order valence-electron chi connectivity index (χ4n) is 3.70. The van der Waals surface area contributed by atoms with E-state index in [4.69, 9.17) is 17.0 Å². The Morgan fingerprint density at radius 1 is 1.21 bits per heavy atom. The van der Waals surface area contributed by atoms with Crippen molar-refractivity contribution in [2.45, 2.75) is 19.4 Å². The van der Waals surface area contributed by atoms with Gasteiger partial charge in [0.2, 0.25) is 5.88 Å². The van der Waals surface area contributed by atoms with E-state index in [0.29, 0.717) is 24.6 Å². The average molecular weight is 395 g/mol. The number of H-pyrrole nitrogens is 1. The lowest BCUT2D eigenvalue weighted by Crippen LogP contribution is -2.35. The molecule has 0 fully saturated rings. The Morgan fingerprint density at radius 3 is 2.79 bits per heavy atom. The van der Waals surface area contributed by atoms with E-state index in [2.05, 4.69) is 10.3 Å². The first-order chi connectivity index (χ1) is 13.6.